The molecule has 0 spiro atoms. The molecule has 0 amide bonds. The van der Waals surface area contributed by atoms with Gasteiger partial charge in [-0.15, -0.1) is 0 Å². The molecule has 17 heavy (non-hydrogen) atoms. The Balaban J connectivity index is 1.67. The van der Waals surface area contributed by atoms with Crippen LogP contribution in [0.2, 0.25) is 0 Å². The van der Waals surface area contributed by atoms with Gasteiger partial charge in [-0.25, -0.2) is 9.97 Å². The molecule has 6 heteroatoms. The molecule has 1 saturated heterocycles. The summed E-state index contributed by atoms with van der Waals surface area (Å²) in [5.41, 5.74) is 0.597. The van der Waals surface area contributed by atoms with Crippen LogP contribution in [0.4, 0.5) is 5.95 Å². The zero-order valence-corrected chi connectivity index (χ0v) is 9.06. The summed E-state index contributed by atoms with van der Waals surface area (Å²) >= 11 is 0. The number of nitrogens with zero attached hydrogens (tertiary/aromatic N) is 6. The van der Waals surface area contributed by atoms with Crippen molar-refractivity contribution in [3.8, 4) is 6.07 Å². The monoisotopic (exact) mass is 226 g/mol. The first-order chi connectivity index (χ1) is 8.36. The van der Waals surface area contributed by atoms with Crippen molar-refractivity contribution >= 4 is 5.95 Å². The van der Waals surface area contributed by atoms with E-state index in [4.69, 9.17) is 5.26 Å². The molecule has 3 heterocycles. The van der Waals surface area contributed by atoms with Crippen LogP contribution in [0.25, 0.3) is 0 Å². The van der Waals surface area contributed by atoms with Crippen molar-refractivity contribution in [1.82, 2.24) is 19.7 Å². The third-order valence-corrected chi connectivity index (χ3v) is 2.80. The Morgan fingerprint density at radius 2 is 2.06 bits per heavy atom. The van der Waals surface area contributed by atoms with Gasteiger partial charge in [-0.05, 0) is 6.07 Å². The molecular formula is C11H10N6. The fourth-order valence-corrected chi connectivity index (χ4v) is 1.84. The molecule has 0 atom stereocenters. The summed E-state index contributed by atoms with van der Waals surface area (Å²) in [6.45, 7) is 1.66. The Morgan fingerprint density at radius 3 is 2.71 bits per heavy atom. The highest BCUT2D eigenvalue weighted by atomic mass is 15.4. The number of hydrogen-bond acceptors (Lipinski definition) is 5. The van der Waals surface area contributed by atoms with E-state index in [9.17, 15) is 0 Å². The van der Waals surface area contributed by atoms with E-state index in [1.54, 1.807) is 30.9 Å². The Hall–Kier alpha value is -2.42. The number of hydrogen-bond donors (Lipinski definition) is 0. The minimum Gasteiger partial charge on any atom is -0.336 e. The molecule has 0 saturated carbocycles. The van der Waals surface area contributed by atoms with Crippen molar-refractivity contribution < 1.29 is 0 Å². The van der Waals surface area contributed by atoms with Crippen molar-refractivity contribution in [2.45, 2.75) is 6.04 Å². The molecule has 0 radical (unpaired) electrons. The van der Waals surface area contributed by atoms with Crippen LogP contribution >= 0.6 is 0 Å². The summed E-state index contributed by atoms with van der Waals surface area (Å²) in [5.74, 6) is 0.747. The molecule has 1 fully saturated rings. The fourth-order valence-electron chi connectivity index (χ4n) is 1.84. The highest BCUT2D eigenvalue weighted by Gasteiger charge is 2.30. The van der Waals surface area contributed by atoms with E-state index >= 15 is 0 Å². The molecule has 0 aromatic carbocycles. The van der Waals surface area contributed by atoms with Gasteiger partial charge in [-0.1, -0.05) is 0 Å². The molecule has 1 aliphatic heterocycles. The van der Waals surface area contributed by atoms with Gasteiger partial charge in [0.2, 0.25) is 5.95 Å². The average molecular weight is 226 g/mol. The molecule has 0 N–H and O–H groups in total. The van der Waals surface area contributed by atoms with E-state index in [0.717, 1.165) is 19.0 Å². The highest BCUT2D eigenvalue weighted by molar-refractivity contribution is 5.34. The van der Waals surface area contributed by atoms with Gasteiger partial charge in [0.25, 0.3) is 0 Å². The average Bonchev–Trinajstić information content (AvgIpc) is 2.77. The second-order valence-corrected chi connectivity index (χ2v) is 3.93. The topological polar surface area (TPSA) is 70.6 Å². The summed E-state index contributed by atoms with van der Waals surface area (Å²) in [4.78, 5) is 10.4. The van der Waals surface area contributed by atoms with Gasteiger partial charge in [-0.3, -0.25) is 4.68 Å². The maximum Gasteiger partial charge on any atom is 0.225 e. The second-order valence-electron chi connectivity index (χ2n) is 3.93. The summed E-state index contributed by atoms with van der Waals surface area (Å²) in [5, 5.41) is 12.9. The lowest BCUT2D eigenvalue weighted by Gasteiger charge is -2.38. The van der Waals surface area contributed by atoms with Crippen molar-refractivity contribution in [1.29, 1.82) is 5.26 Å². The zero-order chi connectivity index (χ0) is 11.7. The molecule has 0 unspecified atom stereocenters. The van der Waals surface area contributed by atoms with E-state index in [-0.39, 0.29) is 0 Å². The van der Waals surface area contributed by atoms with Crippen LogP contribution in [0.5, 0.6) is 0 Å². The van der Waals surface area contributed by atoms with Crippen LogP contribution in [0.3, 0.4) is 0 Å². The van der Waals surface area contributed by atoms with Gasteiger partial charge in [0.1, 0.15) is 6.07 Å². The summed E-state index contributed by atoms with van der Waals surface area (Å²) in [7, 11) is 0. The third kappa shape index (κ3) is 1.72. The SMILES string of the molecule is N#Cc1cnn(C2CN(c3ncccn3)C2)c1. The lowest BCUT2D eigenvalue weighted by atomic mass is 10.1. The Bertz CT molecular complexity index is 549. The number of rotatable bonds is 2. The van der Waals surface area contributed by atoms with Gasteiger partial charge in [0.15, 0.2) is 0 Å². The highest BCUT2D eigenvalue weighted by Crippen LogP contribution is 2.24. The minimum absolute atomic E-state index is 0.306. The molecule has 0 bridgehead atoms. The summed E-state index contributed by atoms with van der Waals surface area (Å²) in [6, 6.07) is 4.18. The number of anilines is 1. The quantitative estimate of drug-likeness (QED) is 0.750. The summed E-state index contributed by atoms with van der Waals surface area (Å²) < 4.78 is 1.83. The largest absolute Gasteiger partial charge is 0.336 e. The molecule has 84 valence electrons. The van der Waals surface area contributed by atoms with Crippen molar-refractivity contribution in [3.05, 3.63) is 36.4 Å². The molecular weight excluding hydrogens is 216 g/mol. The smallest absolute Gasteiger partial charge is 0.225 e. The first kappa shape index (κ1) is 9.78. The van der Waals surface area contributed by atoms with Crippen LogP contribution in [0.15, 0.2) is 30.9 Å². The third-order valence-electron chi connectivity index (χ3n) is 2.80. The maximum absolute atomic E-state index is 8.72. The lowest BCUT2D eigenvalue weighted by Crippen LogP contribution is -2.48. The van der Waals surface area contributed by atoms with Crippen LogP contribution < -0.4 is 4.90 Å². The van der Waals surface area contributed by atoms with E-state index in [2.05, 4.69) is 26.0 Å². The standard InChI is InChI=1S/C11H10N6/c12-4-9-5-15-17(6-9)10-7-16(8-10)11-13-2-1-3-14-11/h1-3,5-6,10H,7-8H2. The van der Waals surface area contributed by atoms with E-state index in [1.807, 2.05) is 4.68 Å². The van der Waals surface area contributed by atoms with Crippen molar-refractivity contribution in [2.24, 2.45) is 0 Å². The Morgan fingerprint density at radius 1 is 1.29 bits per heavy atom. The summed E-state index contributed by atoms with van der Waals surface area (Å²) in [6.07, 6.45) is 6.82. The van der Waals surface area contributed by atoms with Crippen LogP contribution in [0, 0.1) is 11.3 Å². The first-order valence-electron chi connectivity index (χ1n) is 5.33. The fraction of sp³-hybridized carbons (Fsp3) is 0.273. The van der Waals surface area contributed by atoms with E-state index in [1.165, 1.54) is 0 Å². The van der Waals surface area contributed by atoms with Crippen molar-refractivity contribution in [2.75, 3.05) is 18.0 Å². The van der Waals surface area contributed by atoms with Crippen LogP contribution in [-0.2, 0) is 0 Å². The van der Waals surface area contributed by atoms with Crippen molar-refractivity contribution in [3.63, 3.8) is 0 Å². The van der Waals surface area contributed by atoms with Crippen LogP contribution in [0.1, 0.15) is 11.6 Å². The lowest BCUT2D eigenvalue weighted by molar-refractivity contribution is 0.363. The minimum atomic E-state index is 0.306. The molecule has 2 aromatic heterocycles. The molecule has 3 rings (SSSR count). The molecule has 0 aliphatic carbocycles. The Labute approximate surface area is 98.1 Å². The van der Waals surface area contributed by atoms with Gasteiger partial charge in [-0.2, -0.15) is 10.4 Å². The van der Waals surface area contributed by atoms with E-state index in [0.29, 0.717) is 11.6 Å². The van der Waals surface area contributed by atoms with Gasteiger partial charge < -0.3 is 4.90 Å². The molecule has 6 nitrogen and oxygen atoms in total. The van der Waals surface area contributed by atoms with Gasteiger partial charge in [0, 0.05) is 31.7 Å². The maximum atomic E-state index is 8.72. The normalized spacial score (nSPS) is 15.4. The van der Waals surface area contributed by atoms with E-state index < -0.39 is 0 Å². The molecule has 1 aliphatic rings. The number of aromatic nitrogens is 4. The predicted octanol–water partition coefficient (Wildman–Crippen LogP) is 0.606. The van der Waals surface area contributed by atoms with Gasteiger partial charge >= 0.3 is 0 Å². The van der Waals surface area contributed by atoms with Gasteiger partial charge in [0.05, 0.1) is 17.8 Å². The molecule has 2 aromatic rings. The second kappa shape index (κ2) is 3.87. The predicted molar refractivity (Wildman–Crippen MR) is 60.2 cm³/mol. The zero-order valence-electron chi connectivity index (χ0n) is 9.06. The van der Waals surface area contributed by atoms with Crippen LogP contribution in [-0.4, -0.2) is 32.8 Å². The number of nitriles is 1. The first-order valence-corrected chi connectivity index (χ1v) is 5.33. The Kier molecular flexibility index (Phi) is 2.22.